The highest BCUT2D eigenvalue weighted by atomic mass is 16.7. The number of hydrogen-bond acceptors (Lipinski definition) is 7. The van der Waals surface area contributed by atoms with E-state index in [0.717, 1.165) is 42.6 Å². The molecular weight excluding hydrogens is 468 g/mol. The molecule has 1 amide bonds. The highest BCUT2D eigenvalue weighted by Crippen LogP contribution is 2.15. The first-order valence-electron chi connectivity index (χ1n) is 13.7. The number of amides is 1. The normalized spacial score (nSPS) is 11.6. The fourth-order valence-electron chi connectivity index (χ4n) is 3.81. The summed E-state index contributed by atoms with van der Waals surface area (Å²) in [5.41, 5.74) is 10.2. The first-order chi connectivity index (χ1) is 18.1. The fraction of sp³-hybridized carbons (Fsp3) is 0.552. The Morgan fingerprint density at radius 3 is 2.32 bits per heavy atom. The molecule has 0 saturated carbocycles. The molecule has 4 N–H and O–H groups in total. The lowest BCUT2D eigenvalue weighted by atomic mass is 10.1. The summed E-state index contributed by atoms with van der Waals surface area (Å²) in [7, 11) is 0. The van der Waals surface area contributed by atoms with Gasteiger partial charge in [0.05, 0.1) is 0 Å². The minimum Gasteiger partial charge on any atom is -0.489 e. The maximum atomic E-state index is 12.9. The topological polar surface area (TPSA) is 116 Å². The lowest BCUT2D eigenvalue weighted by Crippen LogP contribution is -2.46. The van der Waals surface area contributed by atoms with Crippen LogP contribution in [0.3, 0.4) is 0 Å². The Kier molecular flexibility index (Phi) is 15.7. The molecule has 1 aromatic heterocycles. The van der Waals surface area contributed by atoms with Gasteiger partial charge in [-0.05, 0) is 67.6 Å². The molecule has 0 saturated heterocycles. The summed E-state index contributed by atoms with van der Waals surface area (Å²) in [6.07, 6.45) is 13.5. The average Bonchev–Trinajstić information content (AvgIpc) is 2.93. The van der Waals surface area contributed by atoms with E-state index in [1.807, 2.05) is 36.4 Å². The summed E-state index contributed by atoms with van der Waals surface area (Å²) in [6.45, 7) is 3.87. The molecular formula is C29H44N4O4. The van der Waals surface area contributed by atoms with Crippen LogP contribution >= 0.6 is 0 Å². The second-order valence-electron chi connectivity index (χ2n) is 9.29. The highest BCUT2D eigenvalue weighted by molar-refractivity contribution is 5.82. The van der Waals surface area contributed by atoms with Crippen molar-refractivity contribution in [2.75, 3.05) is 13.1 Å². The van der Waals surface area contributed by atoms with Gasteiger partial charge in [0.15, 0.2) is 0 Å². The van der Waals surface area contributed by atoms with Gasteiger partial charge in [-0.1, -0.05) is 57.6 Å². The van der Waals surface area contributed by atoms with Crippen molar-refractivity contribution in [1.82, 2.24) is 15.8 Å². The molecule has 1 heterocycles. The van der Waals surface area contributed by atoms with Gasteiger partial charge in [0.1, 0.15) is 18.4 Å². The zero-order valence-electron chi connectivity index (χ0n) is 22.3. The molecule has 2 rings (SSSR count). The number of rotatable bonds is 20. The maximum absolute atomic E-state index is 12.9. The van der Waals surface area contributed by atoms with Crippen LogP contribution in [0.1, 0.15) is 82.3 Å². The van der Waals surface area contributed by atoms with Crippen LogP contribution < -0.4 is 21.3 Å². The van der Waals surface area contributed by atoms with Crippen molar-refractivity contribution in [2.45, 2.75) is 90.2 Å². The van der Waals surface area contributed by atoms with Crippen molar-refractivity contribution in [3.63, 3.8) is 0 Å². The molecule has 204 valence electrons. The average molecular weight is 513 g/mol. The van der Waals surface area contributed by atoms with Gasteiger partial charge in [-0.2, -0.15) is 0 Å². The first kappa shape index (κ1) is 30.3. The Labute approximate surface area is 221 Å². The van der Waals surface area contributed by atoms with Crippen molar-refractivity contribution >= 4 is 11.9 Å². The number of carbonyl (C=O) groups excluding carboxylic acids is 2. The van der Waals surface area contributed by atoms with E-state index in [4.69, 9.17) is 15.3 Å². The Morgan fingerprint density at radius 1 is 0.892 bits per heavy atom. The maximum Gasteiger partial charge on any atom is 0.324 e. The molecule has 0 unspecified atom stereocenters. The highest BCUT2D eigenvalue weighted by Gasteiger charge is 2.20. The van der Waals surface area contributed by atoms with Crippen LogP contribution in [-0.4, -0.2) is 36.0 Å². The number of hydrogen-bond donors (Lipinski definition) is 3. The number of hydroxylamine groups is 1. The molecule has 0 spiro atoms. The SMILES string of the molecule is CCCCCCCCNC(=O)[C@H](Cc1ccc(OCc2ccncc2)cc1)NOC(=O)CCCCCN. The summed E-state index contributed by atoms with van der Waals surface area (Å²) in [6, 6.07) is 10.7. The quantitative estimate of drug-likeness (QED) is 0.175. The molecule has 0 fully saturated rings. The number of nitrogens with one attached hydrogen (secondary N) is 2. The van der Waals surface area contributed by atoms with E-state index < -0.39 is 6.04 Å². The van der Waals surface area contributed by atoms with Crippen LogP contribution in [-0.2, 0) is 27.5 Å². The van der Waals surface area contributed by atoms with E-state index >= 15 is 0 Å². The lowest BCUT2D eigenvalue weighted by molar-refractivity contribution is -0.154. The molecule has 2 aromatic rings. The molecule has 1 aromatic carbocycles. The molecule has 37 heavy (non-hydrogen) atoms. The predicted octanol–water partition coefficient (Wildman–Crippen LogP) is 4.62. The number of nitrogens with two attached hydrogens (primary N) is 1. The molecule has 0 aliphatic carbocycles. The van der Waals surface area contributed by atoms with E-state index in [-0.39, 0.29) is 11.9 Å². The van der Waals surface area contributed by atoms with Gasteiger partial charge in [-0.25, -0.2) is 0 Å². The number of unbranched alkanes of at least 4 members (excludes halogenated alkanes) is 7. The van der Waals surface area contributed by atoms with Crippen LogP contribution in [0.4, 0.5) is 0 Å². The molecule has 0 bridgehead atoms. The van der Waals surface area contributed by atoms with Crippen molar-refractivity contribution in [3.8, 4) is 5.75 Å². The van der Waals surface area contributed by atoms with Gasteiger partial charge in [-0.15, -0.1) is 5.48 Å². The van der Waals surface area contributed by atoms with Crippen molar-refractivity contribution in [3.05, 3.63) is 59.9 Å². The minimum absolute atomic E-state index is 0.178. The number of nitrogens with zero attached hydrogens (tertiary/aromatic N) is 1. The first-order valence-corrected chi connectivity index (χ1v) is 13.7. The summed E-state index contributed by atoms with van der Waals surface area (Å²) >= 11 is 0. The Bertz CT molecular complexity index is 877. The monoisotopic (exact) mass is 512 g/mol. The van der Waals surface area contributed by atoms with E-state index in [0.29, 0.717) is 39.0 Å². The van der Waals surface area contributed by atoms with Gasteiger partial charge in [0.2, 0.25) is 5.91 Å². The van der Waals surface area contributed by atoms with Crippen LogP contribution in [0.5, 0.6) is 5.75 Å². The molecule has 8 heteroatoms. The van der Waals surface area contributed by atoms with Gasteiger partial charge in [0, 0.05) is 25.4 Å². The Morgan fingerprint density at radius 2 is 1.59 bits per heavy atom. The summed E-state index contributed by atoms with van der Waals surface area (Å²) in [5, 5.41) is 2.99. The zero-order chi connectivity index (χ0) is 26.6. The van der Waals surface area contributed by atoms with E-state index in [9.17, 15) is 9.59 Å². The fourth-order valence-corrected chi connectivity index (χ4v) is 3.81. The lowest BCUT2D eigenvalue weighted by Gasteiger charge is -2.18. The van der Waals surface area contributed by atoms with Crippen LogP contribution in [0, 0.1) is 0 Å². The predicted molar refractivity (Wildman–Crippen MR) is 146 cm³/mol. The summed E-state index contributed by atoms with van der Waals surface area (Å²) in [5.74, 6) is 0.189. The van der Waals surface area contributed by atoms with E-state index in [2.05, 4.69) is 22.7 Å². The largest absolute Gasteiger partial charge is 0.489 e. The van der Waals surface area contributed by atoms with Crippen LogP contribution in [0.25, 0.3) is 0 Å². The van der Waals surface area contributed by atoms with Crippen LogP contribution in [0.15, 0.2) is 48.8 Å². The van der Waals surface area contributed by atoms with E-state index in [1.165, 1.54) is 25.7 Å². The third-order valence-electron chi connectivity index (χ3n) is 6.06. The number of benzene rings is 1. The number of ether oxygens (including phenoxy) is 1. The van der Waals surface area contributed by atoms with Crippen LogP contribution in [0.2, 0.25) is 0 Å². The molecule has 1 atom stereocenters. The van der Waals surface area contributed by atoms with Crippen molar-refractivity contribution in [1.29, 1.82) is 0 Å². The molecule has 8 nitrogen and oxygen atoms in total. The summed E-state index contributed by atoms with van der Waals surface area (Å²) in [4.78, 5) is 34.3. The second kappa shape index (κ2) is 19.2. The minimum atomic E-state index is -0.684. The summed E-state index contributed by atoms with van der Waals surface area (Å²) < 4.78 is 5.83. The van der Waals surface area contributed by atoms with Gasteiger partial charge in [-0.3, -0.25) is 14.6 Å². The second-order valence-corrected chi connectivity index (χ2v) is 9.29. The van der Waals surface area contributed by atoms with E-state index in [1.54, 1.807) is 12.4 Å². The third-order valence-corrected chi connectivity index (χ3v) is 6.06. The number of carbonyl (C=O) groups is 2. The Hall–Kier alpha value is -2.97. The van der Waals surface area contributed by atoms with Gasteiger partial charge >= 0.3 is 5.97 Å². The van der Waals surface area contributed by atoms with Crippen molar-refractivity contribution < 1.29 is 19.2 Å². The smallest absolute Gasteiger partial charge is 0.324 e. The van der Waals surface area contributed by atoms with Gasteiger partial charge in [0.25, 0.3) is 0 Å². The van der Waals surface area contributed by atoms with Crippen molar-refractivity contribution in [2.24, 2.45) is 5.73 Å². The molecule has 0 aliphatic rings. The van der Waals surface area contributed by atoms with Gasteiger partial charge < -0.3 is 20.6 Å². The standard InChI is InChI=1S/C29H44N4O4/c1-2-3-4-5-6-10-19-32-29(35)27(33-37-28(34)11-8-7-9-18-30)22-24-12-14-26(15-13-24)36-23-25-16-20-31-21-17-25/h12-17,20-21,27,33H,2-11,18-19,22-23,30H2,1H3,(H,32,35)/t27-/m0/s1. The molecule has 0 aliphatic heterocycles. The third kappa shape index (κ3) is 13.8. The zero-order valence-corrected chi connectivity index (χ0v) is 22.3. The Balaban J connectivity index is 1.86. The molecule has 0 radical (unpaired) electrons. The number of pyridine rings is 1. The number of aromatic nitrogens is 1.